The molecule has 0 bridgehead atoms. The number of rotatable bonds is 2. The van der Waals surface area contributed by atoms with Crippen molar-refractivity contribution in [2.75, 3.05) is 0 Å². The Labute approximate surface area is 122 Å². The number of H-pyrrole nitrogens is 1. The van der Waals surface area contributed by atoms with Crippen LogP contribution < -0.4 is 0 Å². The zero-order chi connectivity index (χ0) is 13.2. The highest BCUT2D eigenvalue weighted by molar-refractivity contribution is 7.71. The SMILES string of the molecule is S=c1nc(Cc2ccc(Cl)cc2)[nH]c2c1CCCC2. The molecule has 19 heavy (non-hydrogen) atoms. The van der Waals surface area contributed by atoms with Crippen LogP contribution in [0.5, 0.6) is 0 Å². The Morgan fingerprint density at radius 2 is 1.89 bits per heavy atom. The first-order chi connectivity index (χ1) is 9.22. The van der Waals surface area contributed by atoms with Crippen LogP contribution in [0.3, 0.4) is 0 Å². The first-order valence-corrected chi connectivity index (χ1v) is 7.36. The van der Waals surface area contributed by atoms with E-state index < -0.39 is 0 Å². The average molecular weight is 291 g/mol. The van der Waals surface area contributed by atoms with Crippen molar-refractivity contribution in [1.29, 1.82) is 0 Å². The molecule has 0 atom stereocenters. The van der Waals surface area contributed by atoms with Gasteiger partial charge in [-0.05, 0) is 43.4 Å². The zero-order valence-corrected chi connectivity index (χ0v) is 12.2. The highest BCUT2D eigenvalue weighted by atomic mass is 35.5. The van der Waals surface area contributed by atoms with E-state index in [4.69, 9.17) is 23.8 Å². The lowest BCUT2D eigenvalue weighted by molar-refractivity contribution is 0.653. The van der Waals surface area contributed by atoms with Crippen LogP contribution in [0.15, 0.2) is 24.3 Å². The third-order valence-corrected chi connectivity index (χ3v) is 4.13. The van der Waals surface area contributed by atoms with Crippen molar-refractivity contribution < 1.29 is 0 Å². The molecule has 0 spiro atoms. The van der Waals surface area contributed by atoms with Crippen LogP contribution in [-0.4, -0.2) is 9.97 Å². The fraction of sp³-hybridized carbons (Fsp3) is 0.333. The Kier molecular flexibility index (Phi) is 3.67. The van der Waals surface area contributed by atoms with Gasteiger partial charge in [0, 0.05) is 22.7 Å². The lowest BCUT2D eigenvalue weighted by atomic mass is 9.97. The number of nitrogens with one attached hydrogen (secondary N) is 1. The number of fused-ring (bicyclic) bond motifs is 1. The Balaban J connectivity index is 1.91. The van der Waals surface area contributed by atoms with Crippen molar-refractivity contribution in [2.45, 2.75) is 32.1 Å². The van der Waals surface area contributed by atoms with E-state index in [9.17, 15) is 0 Å². The number of halogens is 1. The second-order valence-corrected chi connectivity index (χ2v) is 5.78. The van der Waals surface area contributed by atoms with Gasteiger partial charge in [0.05, 0.1) is 0 Å². The highest BCUT2D eigenvalue weighted by Crippen LogP contribution is 2.21. The summed E-state index contributed by atoms with van der Waals surface area (Å²) in [6.45, 7) is 0. The van der Waals surface area contributed by atoms with Crippen LogP contribution in [0, 0.1) is 4.64 Å². The minimum Gasteiger partial charge on any atom is -0.347 e. The molecular weight excluding hydrogens is 276 g/mol. The predicted octanol–water partition coefficient (Wildman–Crippen LogP) is 4.26. The summed E-state index contributed by atoms with van der Waals surface area (Å²) in [6.07, 6.45) is 5.40. The van der Waals surface area contributed by atoms with Crippen LogP contribution in [0.1, 0.15) is 35.5 Å². The molecule has 0 amide bonds. The molecule has 1 aromatic carbocycles. The van der Waals surface area contributed by atoms with E-state index >= 15 is 0 Å². The summed E-state index contributed by atoms with van der Waals surface area (Å²) in [5, 5.41) is 0.759. The second-order valence-electron chi connectivity index (χ2n) is 4.96. The predicted molar refractivity (Wildman–Crippen MR) is 80.3 cm³/mol. The number of hydrogen-bond acceptors (Lipinski definition) is 2. The summed E-state index contributed by atoms with van der Waals surface area (Å²) in [5.41, 5.74) is 3.73. The van der Waals surface area contributed by atoms with Gasteiger partial charge in [-0.1, -0.05) is 36.0 Å². The standard InChI is InChI=1S/C15H15ClN2S/c16-11-7-5-10(6-8-11)9-14-17-13-4-2-1-3-12(13)15(19)18-14/h5-8H,1-4,9H2,(H,17,18,19). The van der Waals surface area contributed by atoms with E-state index in [0.717, 1.165) is 34.8 Å². The van der Waals surface area contributed by atoms with Crippen molar-refractivity contribution >= 4 is 23.8 Å². The lowest BCUT2D eigenvalue weighted by Crippen LogP contribution is -2.10. The van der Waals surface area contributed by atoms with Gasteiger partial charge in [0.1, 0.15) is 10.5 Å². The molecule has 0 radical (unpaired) electrons. The van der Waals surface area contributed by atoms with Gasteiger partial charge < -0.3 is 4.98 Å². The maximum absolute atomic E-state index is 5.89. The smallest absolute Gasteiger partial charge is 0.133 e. The first kappa shape index (κ1) is 12.8. The third-order valence-electron chi connectivity index (χ3n) is 3.54. The minimum absolute atomic E-state index is 0.759. The van der Waals surface area contributed by atoms with Gasteiger partial charge >= 0.3 is 0 Å². The summed E-state index contributed by atoms with van der Waals surface area (Å²) in [5.74, 6) is 0.952. The van der Waals surface area contributed by atoms with Crippen LogP contribution in [0.2, 0.25) is 5.02 Å². The number of aryl methyl sites for hydroxylation is 1. The summed E-state index contributed by atoms with van der Waals surface area (Å²) in [6, 6.07) is 7.87. The molecule has 1 aliphatic rings. The molecule has 1 aromatic heterocycles. The van der Waals surface area contributed by atoms with Gasteiger partial charge in [-0.15, -0.1) is 0 Å². The molecule has 0 unspecified atom stereocenters. The largest absolute Gasteiger partial charge is 0.347 e. The molecule has 2 nitrogen and oxygen atoms in total. The molecule has 2 aromatic rings. The molecule has 0 saturated carbocycles. The number of aromatic nitrogens is 2. The van der Waals surface area contributed by atoms with Crippen LogP contribution in [0.4, 0.5) is 0 Å². The number of nitrogens with zero attached hydrogens (tertiary/aromatic N) is 1. The van der Waals surface area contributed by atoms with Crippen molar-refractivity contribution in [2.24, 2.45) is 0 Å². The summed E-state index contributed by atoms with van der Waals surface area (Å²) < 4.78 is 0.775. The number of hydrogen-bond donors (Lipinski definition) is 1. The monoisotopic (exact) mass is 290 g/mol. The lowest BCUT2D eigenvalue weighted by Gasteiger charge is -2.16. The minimum atomic E-state index is 0.759. The molecule has 1 N–H and O–H groups in total. The third kappa shape index (κ3) is 2.88. The molecule has 4 heteroatoms. The van der Waals surface area contributed by atoms with Gasteiger partial charge in [-0.2, -0.15) is 0 Å². The Morgan fingerprint density at radius 3 is 2.68 bits per heavy atom. The molecule has 0 fully saturated rings. The van der Waals surface area contributed by atoms with Gasteiger partial charge in [-0.25, -0.2) is 4.98 Å². The molecule has 1 heterocycles. The van der Waals surface area contributed by atoms with E-state index in [1.54, 1.807) is 0 Å². The average Bonchev–Trinajstić information content (AvgIpc) is 2.42. The molecule has 3 rings (SSSR count). The second kappa shape index (κ2) is 5.43. The van der Waals surface area contributed by atoms with Crippen molar-refractivity contribution in [3.8, 4) is 0 Å². The molecule has 0 saturated heterocycles. The molecule has 0 aliphatic heterocycles. The van der Waals surface area contributed by atoms with E-state index in [1.165, 1.54) is 29.7 Å². The normalized spacial score (nSPS) is 14.2. The first-order valence-electron chi connectivity index (χ1n) is 6.58. The summed E-state index contributed by atoms with van der Waals surface area (Å²) in [4.78, 5) is 7.99. The fourth-order valence-electron chi connectivity index (χ4n) is 2.55. The van der Waals surface area contributed by atoms with Crippen LogP contribution in [0.25, 0.3) is 0 Å². The molecule has 1 aliphatic carbocycles. The molecule has 98 valence electrons. The fourth-order valence-corrected chi connectivity index (χ4v) is 3.01. The summed E-state index contributed by atoms with van der Waals surface area (Å²) >= 11 is 11.3. The van der Waals surface area contributed by atoms with Crippen LogP contribution >= 0.6 is 23.8 Å². The van der Waals surface area contributed by atoms with E-state index in [1.807, 2.05) is 24.3 Å². The van der Waals surface area contributed by atoms with E-state index in [-0.39, 0.29) is 0 Å². The van der Waals surface area contributed by atoms with Crippen molar-refractivity contribution in [3.05, 3.63) is 56.6 Å². The Hall–Kier alpha value is -1.19. The highest BCUT2D eigenvalue weighted by Gasteiger charge is 2.13. The zero-order valence-electron chi connectivity index (χ0n) is 10.6. The van der Waals surface area contributed by atoms with E-state index in [0.29, 0.717) is 0 Å². The van der Waals surface area contributed by atoms with E-state index in [2.05, 4.69) is 9.97 Å². The van der Waals surface area contributed by atoms with Crippen molar-refractivity contribution in [3.63, 3.8) is 0 Å². The number of aromatic amines is 1. The van der Waals surface area contributed by atoms with Gasteiger partial charge in [0.15, 0.2) is 0 Å². The van der Waals surface area contributed by atoms with Crippen LogP contribution in [-0.2, 0) is 19.3 Å². The Bertz CT molecular complexity index is 646. The summed E-state index contributed by atoms with van der Waals surface area (Å²) in [7, 11) is 0. The maximum Gasteiger partial charge on any atom is 0.133 e. The van der Waals surface area contributed by atoms with Gasteiger partial charge in [-0.3, -0.25) is 0 Å². The van der Waals surface area contributed by atoms with Gasteiger partial charge in [0.25, 0.3) is 0 Å². The molecular formula is C15H15ClN2S. The maximum atomic E-state index is 5.89. The van der Waals surface area contributed by atoms with Gasteiger partial charge in [0.2, 0.25) is 0 Å². The topological polar surface area (TPSA) is 28.7 Å². The van der Waals surface area contributed by atoms with Crippen molar-refractivity contribution in [1.82, 2.24) is 9.97 Å². The quantitative estimate of drug-likeness (QED) is 0.837. The number of benzene rings is 1. The Morgan fingerprint density at radius 1 is 1.16 bits per heavy atom.